The molecule has 216 valence electrons. The third-order valence-corrected chi connectivity index (χ3v) is 5.76. The topological polar surface area (TPSA) is 0 Å². The van der Waals surface area contributed by atoms with Crippen LogP contribution in [0.4, 0.5) is 65.9 Å². The molecule has 40 heavy (non-hydrogen) atoms. The second-order valence-corrected chi connectivity index (χ2v) is 8.66. The molecule has 0 aliphatic carbocycles. The van der Waals surface area contributed by atoms with E-state index in [0.717, 1.165) is 13.0 Å². The van der Waals surface area contributed by atoms with Gasteiger partial charge in [-0.15, -0.1) is 0 Å². The number of aryl methyl sites for hydroxylation is 1. The van der Waals surface area contributed by atoms with E-state index in [-0.39, 0.29) is 35.9 Å². The van der Waals surface area contributed by atoms with Crippen molar-refractivity contribution in [2.45, 2.75) is 37.8 Å². The summed E-state index contributed by atoms with van der Waals surface area (Å²) >= 11 is 0. The second kappa shape index (κ2) is 9.94. The molecule has 0 nitrogen and oxygen atoms in total. The first-order valence-corrected chi connectivity index (χ1v) is 10.7. The summed E-state index contributed by atoms with van der Waals surface area (Å²) in [5, 5.41) is 0. The largest absolute Gasteiger partial charge is 0.416 e. The molecular weight excluding hydrogens is 584 g/mol. The molecule has 0 saturated carbocycles. The van der Waals surface area contributed by atoms with Crippen molar-refractivity contribution >= 4 is 23.1 Å². The normalized spacial score (nSPS) is 13.5. The molecule has 0 radical (unpaired) electrons. The minimum Gasteiger partial charge on any atom is -0.166 e. The fourth-order valence-corrected chi connectivity index (χ4v) is 4.09. The molecule has 0 aromatic heterocycles. The van der Waals surface area contributed by atoms with E-state index in [0.29, 0.717) is 12.1 Å². The highest BCUT2D eigenvalue weighted by Gasteiger charge is 2.45. The van der Waals surface area contributed by atoms with Gasteiger partial charge in [-0.25, -0.2) is 0 Å². The first kappa shape index (κ1) is 31.2. The van der Waals surface area contributed by atoms with Gasteiger partial charge in [-0.3, -0.25) is 0 Å². The van der Waals surface area contributed by atoms with Crippen molar-refractivity contribution in [2.24, 2.45) is 0 Å². The van der Waals surface area contributed by atoms with E-state index < -0.39 is 87.9 Å². The highest BCUT2D eigenvalue weighted by atomic mass is 19.4. The Hall–Kier alpha value is -3.33. The predicted octanol–water partition coefficient (Wildman–Crippen LogP) is 7.61. The lowest BCUT2D eigenvalue weighted by Crippen LogP contribution is -2.56. The lowest BCUT2D eigenvalue weighted by molar-refractivity contribution is -0.143. The Morgan fingerprint density at radius 3 is 1.23 bits per heavy atom. The van der Waals surface area contributed by atoms with Crippen molar-refractivity contribution in [3.05, 3.63) is 88.0 Å². The van der Waals surface area contributed by atoms with Crippen molar-refractivity contribution < 1.29 is 65.9 Å². The maximum Gasteiger partial charge on any atom is 0.416 e. The summed E-state index contributed by atoms with van der Waals surface area (Å²) < 4.78 is 205. The lowest BCUT2D eigenvalue weighted by atomic mass is 9.35. The molecule has 0 fully saturated rings. The molecular formula is C24H12BF15. The number of hydrogen-bond donors (Lipinski definition) is 0. The third kappa shape index (κ3) is 6.69. The minimum absolute atomic E-state index is 0.0580. The monoisotopic (exact) mass is 596 g/mol. The molecule has 0 aliphatic heterocycles. The van der Waals surface area contributed by atoms with Crippen molar-refractivity contribution in [3.63, 3.8) is 0 Å². The summed E-state index contributed by atoms with van der Waals surface area (Å²) in [4.78, 5) is 0. The van der Waals surface area contributed by atoms with E-state index >= 15 is 0 Å². The number of benzene rings is 3. The number of halogens is 15. The quantitative estimate of drug-likeness (QED) is 0.216. The Labute approximate surface area is 215 Å². The first-order valence-electron chi connectivity index (χ1n) is 10.7. The summed E-state index contributed by atoms with van der Waals surface area (Å²) in [5.41, 5.74) is -14.2. The zero-order valence-electron chi connectivity index (χ0n) is 19.4. The maximum atomic E-state index is 14.0. The van der Waals surface area contributed by atoms with E-state index in [1.54, 1.807) is 0 Å². The van der Waals surface area contributed by atoms with Crippen LogP contribution >= 0.6 is 0 Å². The first-order chi connectivity index (χ1) is 17.9. The highest BCUT2D eigenvalue weighted by molar-refractivity contribution is 6.96. The highest BCUT2D eigenvalue weighted by Crippen LogP contribution is 2.37. The van der Waals surface area contributed by atoms with Crippen molar-refractivity contribution in [2.75, 3.05) is 0 Å². The van der Waals surface area contributed by atoms with Crippen LogP contribution in [0.2, 0.25) is 0 Å². The molecule has 3 aromatic carbocycles. The van der Waals surface area contributed by atoms with Crippen LogP contribution in [-0.2, 0) is 30.9 Å². The van der Waals surface area contributed by atoms with Gasteiger partial charge in [0, 0.05) is 0 Å². The van der Waals surface area contributed by atoms with Crippen LogP contribution in [0.5, 0.6) is 0 Å². The molecule has 3 rings (SSSR count). The molecule has 0 amide bonds. The summed E-state index contributed by atoms with van der Waals surface area (Å²) in [6, 6.07) is 0.573. The van der Waals surface area contributed by atoms with Crippen LogP contribution in [-0.4, -0.2) is 6.71 Å². The summed E-state index contributed by atoms with van der Waals surface area (Å²) in [6.07, 6.45) is -27.5. The molecule has 0 saturated heterocycles. The molecule has 0 N–H and O–H groups in total. The van der Waals surface area contributed by atoms with E-state index in [1.807, 2.05) is 0 Å². The van der Waals surface area contributed by atoms with Crippen LogP contribution in [0.3, 0.4) is 0 Å². The van der Waals surface area contributed by atoms with Crippen LogP contribution in [0.25, 0.3) is 0 Å². The van der Waals surface area contributed by atoms with Gasteiger partial charge < -0.3 is 0 Å². The van der Waals surface area contributed by atoms with Gasteiger partial charge in [0.15, 0.2) is 0 Å². The number of hydrogen-bond acceptors (Lipinski definition) is 0. The average Bonchev–Trinajstić information content (AvgIpc) is 2.76. The van der Waals surface area contributed by atoms with Gasteiger partial charge in [0.25, 0.3) is 0 Å². The smallest absolute Gasteiger partial charge is 0.166 e. The molecule has 0 aliphatic rings. The summed E-state index contributed by atoms with van der Waals surface area (Å²) in [7, 11) is 0. The van der Waals surface area contributed by atoms with Gasteiger partial charge >= 0.3 is 30.9 Å². The van der Waals surface area contributed by atoms with E-state index in [1.165, 1.54) is 0 Å². The Morgan fingerprint density at radius 2 is 0.825 bits per heavy atom. The second-order valence-electron chi connectivity index (χ2n) is 8.66. The predicted molar refractivity (Wildman–Crippen MR) is 114 cm³/mol. The lowest BCUT2D eigenvalue weighted by Gasteiger charge is -2.26. The van der Waals surface area contributed by atoms with Crippen LogP contribution in [0.15, 0.2) is 54.6 Å². The standard InChI is InChI=1S/C24H12BF15/c1-11-2-4-16(23(35,36)37)18(6-11)25(15-8-13(21(29,30)31)7-14(9-15)22(32,33)34)19-10-12(20(26,27)28)3-5-17(19)24(38,39)40/h2-10H,1H3. The molecule has 0 spiro atoms. The number of rotatable bonds is 3. The molecule has 0 unspecified atom stereocenters. The minimum atomic E-state index is -5.57. The van der Waals surface area contributed by atoms with Gasteiger partial charge in [0.2, 0.25) is 6.71 Å². The van der Waals surface area contributed by atoms with Crippen LogP contribution in [0, 0.1) is 6.92 Å². The van der Waals surface area contributed by atoms with Gasteiger partial charge in [-0.1, -0.05) is 58.4 Å². The molecule has 16 heteroatoms. The van der Waals surface area contributed by atoms with Crippen LogP contribution < -0.4 is 16.4 Å². The zero-order chi connectivity index (χ0) is 30.6. The Kier molecular flexibility index (Phi) is 7.76. The fourth-order valence-electron chi connectivity index (χ4n) is 4.09. The van der Waals surface area contributed by atoms with Gasteiger partial charge in [0.1, 0.15) is 0 Å². The molecule has 0 heterocycles. The van der Waals surface area contributed by atoms with Crippen molar-refractivity contribution in [1.82, 2.24) is 0 Å². The average molecular weight is 596 g/mol. The van der Waals surface area contributed by atoms with E-state index in [2.05, 4.69) is 0 Å². The summed E-state index contributed by atoms with van der Waals surface area (Å²) in [6.45, 7) is -1.69. The summed E-state index contributed by atoms with van der Waals surface area (Å²) in [5.74, 6) is 0. The SMILES string of the molecule is Cc1ccc(C(F)(F)F)c(B(c2cc(C(F)(F)F)cc(C(F)(F)F)c2)c2cc(C(F)(F)F)ccc2C(F)(F)F)c1. The molecule has 0 bridgehead atoms. The van der Waals surface area contributed by atoms with Crippen molar-refractivity contribution in [1.29, 1.82) is 0 Å². The maximum absolute atomic E-state index is 14.0. The third-order valence-electron chi connectivity index (χ3n) is 5.76. The molecule has 0 atom stereocenters. The van der Waals surface area contributed by atoms with Crippen LogP contribution in [0.1, 0.15) is 33.4 Å². The van der Waals surface area contributed by atoms with E-state index in [9.17, 15) is 65.9 Å². The Morgan fingerprint density at radius 1 is 0.425 bits per heavy atom. The van der Waals surface area contributed by atoms with Gasteiger partial charge in [0.05, 0.1) is 27.8 Å². The van der Waals surface area contributed by atoms with Gasteiger partial charge in [-0.05, 0) is 25.1 Å². The molecule has 3 aromatic rings. The Balaban J connectivity index is 2.62. The van der Waals surface area contributed by atoms with Gasteiger partial charge in [-0.2, -0.15) is 65.9 Å². The zero-order valence-corrected chi connectivity index (χ0v) is 19.4. The fraction of sp³-hybridized carbons (Fsp3) is 0.250. The Bertz CT molecular complexity index is 1360. The van der Waals surface area contributed by atoms with E-state index in [4.69, 9.17) is 0 Å². The van der Waals surface area contributed by atoms with Crippen molar-refractivity contribution in [3.8, 4) is 0 Å². The number of alkyl halides is 15.